The van der Waals surface area contributed by atoms with E-state index in [9.17, 15) is 33.4 Å². The van der Waals surface area contributed by atoms with Crippen molar-refractivity contribution in [1.82, 2.24) is 14.5 Å². The number of aliphatic hydroxyl groups excluding tert-OH is 1. The smallest absolute Gasteiger partial charge is 0.387 e. The molecule has 1 aromatic rings. The highest BCUT2D eigenvalue weighted by Crippen LogP contribution is 2.66. The lowest BCUT2D eigenvalue weighted by Crippen LogP contribution is -2.55. The van der Waals surface area contributed by atoms with Crippen molar-refractivity contribution in [3.8, 4) is 11.8 Å². The maximum atomic E-state index is 12.2. The number of phosphoric ester groups is 1. The van der Waals surface area contributed by atoms with Gasteiger partial charge in [0.15, 0.2) is 11.8 Å². The van der Waals surface area contributed by atoms with E-state index in [1.807, 2.05) is 0 Å². The Morgan fingerprint density at radius 1 is 1.24 bits per heavy atom. The Hall–Kier alpha value is -1.54. The summed E-state index contributed by atoms with van der Waals surface area (Å²) in [4.78, 5) is 55.3. The number of hydrogen-bond acceptors (Lipinski definition) is 13. The number of nitrogens with two attached hydrogens (primary N) is 2. The van der Waals surface area contributed by atoms with Crippen LogP contribution in [0.25, 0.3) is 0 Å². The van der Waals surface area contributed by atoms with Gasteiger partial charge in [0.2, 0.25) is 5.95 Å². The van der Waals surface area contributed by atoms with E-state index in [1.54, 1.807) is 0 Å². The van der Waals surface area contributed by atoms with Crippen LogP contribution in [0.3, 0.4) is 0 Å². The molecular formula is C12H20N5O13P3. The van der Waals surface area contributed by atoms with Crippen molar-refractivity contribution in [2.24, 2.45) is 5.73 Å². The molecule has 1 saturated heterocycles. The molecular weight excluding hydrogens is 515 g/mol. The van der Waals surface area contributed by atoms with Gasteiger partial charge in [-0.1, -0.05) is 5.92 Å². The minimum absolute atomic E-state index is 0.364. The molecule has 0 bridgehead atoms. The SMILES string of the molecule is CC#CC1(N)[C@@H](O)[C@@H]([C@H](C)OP(=O)(O)OP(=O)(O)OP(=O)(O)O)O[C@H]1n1cnc(N)nc1=O. The van der Waals surface area contributed by atoms with Crippen molar-refractivity contribution >= 4 is 29.4 Å². The average Bonchev–Trinajstić information content (AvgIpc) is 2.83. The van der Waals surface area contributed by atoms with Gasteiger partial charge < -0.3 is 40.9 Å². The predicted molar refractivity (Wildman–Crippen MR) is 105 cm³/mol. The van der Waals surface area contributed by atoms with Crippen LogP contribution in [0.15, 0.2) is 11.1 Å². The maximum absolute atomic E-state index is 12.2. The first kappa shape index (κ1) is 27.7. The summed E-state index contributed by atoms with van der Waals surface area (Å²) in [6.07, 6.45) is -5.68. The highest BCUT2D eigenvalue weighted by Gasteiger charge is 2.57. The molecule has 0 radical (unpaired) electrons. The molecule has 1 aromatic heterocycles. The molecule has 0 amide bonds. The molecule has 0 aromatic carbocycles. The van der Waals surface area contributed by atoms with Crippen molar-refractivity contribution < 1.29 is 56.3 Å². The summed E-state index contributed by atoms with van der Waals surface area (Å²) >= 11 is 0. The standard InChI is InChI=1S/C12H20N5O13P3/c1-3-4-12(14)8(18)7(27-9(12)17-5-15-10(13)16-11(17)19)6(2)28-32(23,24)30-33(25,26)29-31(20,21)22/h5-9,18H,14H2,1-2H3,(H,23,24)(H,25,26)(H2,13,16,19)(H2,20,21,22)/t6-,7+,8-,9+,12?/m0/s1. The van der Waals surface area contributed by atoms with Crippen LogP contribution in [-0.4, -0.2) is 63.1 Å². The number of phosphoric acid groups is 3. The fourth-order valence-electron chi connectivity index (χ4n) is 2.85. The summed E-state index contributed by atoms with van der Waals surface area (Å²) in [5, 5.41) is 10.7. The summed E-state index contributed by atoms with van der Waals surface area (Å²) < 4.78 is 52.4. The number of aromatic nitrogens is 3. The fraction of sp³-hybridized carbons (Fsp3) is 0.583. The molecule has 2 heterocycles. The normalized spacial score (nSPS) is 30.0. The van der Waals surface area contributed by atoms with Crippen molar-refractivity contribution in [3.05, 3.63) is 16.8 Å². The number of nitrogen functional groups attached to an aromatic ring is 1. The molecule has 21 heteroatoms. The van der Waals surface area contributed by atoms with Crippen LogP contribution in [0, 0.1) is 11.8 Å². The Kier molecular flexibility index (Phi) is 8.06. The lowest BCUT2D eigenvalue weighted by molar-refractivity contribution is -0.0757. The monoisotopic (exact) mass is 535 g/mol. The Bertz CT molecular complexity index is 1160. The molecule has 7 atom stereocenters. The van der Waals surface area contributed by atoms with Gasteiger partial charge in [-0.3, -0.25) is 9.09 Å². The summed E-state index contributed by atoms with van der Waals surface area (Å²) in [5.74, 6) is 4.55. The van der Waals surface area contributed by atoms with E-state index in [0.29, 0.717) is 0 Å². The number of hydrogen-bond donors (Lipinski definition) is 7. The molecule has 1 fully saturated rings. The second-order valence-corrected chi connectivity index (χ2v) is 10.9. The van der Waals surface area contributed by atoms with Crippen molar-refractivity contribution in [2.45, 2.75) is 43.9 Å². The van der Waals surface area contributed by atoms with E-state index >= 15 is 0 Å². The zero-order valence-corrected chi connectivity index (χ0v) is 19.4. The number of aliphatic hydroxyl groups is 1. The van der Waals surface area contributed by atoms with E-state index < -0.39 is 59.2 Å². The number of anilines is 1. The summed E-state index contributed by atoms with van der Waals surface area (Å²) in [5.41, 5.74) is 8.51. The minimum Gasteiger partial charge on any atom is -0.387 e. The molecule has 0 aliphatic carbocycles. The van der Waals surface area contributed by atoms with Crippen LogP contribution in [0.4, 0.5) is 5.95 Å². The second-order valence-electron chi connectivity index (χ2n) is 6.51. The average molecular weight is 535 g/mol. The van der Waals surface area contributed by atoms with Gasteiger partial charge in [0.1, 0.15) is 18.5 Å². The third kappa shape index (κ3) is 6.75. The lowest BCUT2D eigenvalue weighted by atomic mass is 9.90. The van der Waals surface area contributed by atoms with Crippen LogP contribution in [-0.2, 0) is 31.6 Å². The van der Waals surface area contributed by atoms with E-state index in [4.69, 9.17) is 26.0 Å². The first-order chi connectivity index (χ1) is 14.9. The van der Waals surface area contributed by atoms with Crippen molar-refractivity contribution in [2.75, 3.05) is 5.73 Å². The van der Waals surface area contributed by atoms with Gasteiger partial charge in [0.05, 0.1) is 6.10 Å². The maximum Gasteiger partial charge on any atom is 0.490 e. The quantitative estimate of drug-likeness (QED) is 0.139. The van der Waals surface area contributed by atoms with Gasteiger partial charge in [0, 0.05) is 0 Å². The van der Waals surface area contributed by atoms with E-state index in [-0.39, 0.29) is 5.95 Å². The third-order valence-electron chi connectivity index (χ3n) is 4.01. The Morgan fingerprint density at radius 3 is 2.36 bits per heavy atom. The van der Waals surface area contributed by atoms with Gasteiger partial charge >= 0.3 is 29.2 Å². The van der Waals surface area contributed by atoms with Crippen LogP contribution >= 0.6 is 23.5 Å². The molecule has 0 saturated carbocycles. The highest BCUT2D eigenvalue weighted by atomic mass is 31.3. The summed E-state index contributed by atoms with van der Waals surface area (Å²) in [6.45, 7) is 2.42. The van der Waals surface area contributed by atoms with Crippen LogP contribution in [0.5, 0.6) is 0 Å². The fourth-order valence-corrected chi connectivity index (χ4v) is 6.05. The molecule has 9 N–H and O–H groups in total. The van der Waals surface area contributed by atoms with Crippen molar-refractivity contribution in [3.63, 3.8) is 0 Å². The molecule has 1 aliphatic heterocycles. The zero-order valence-electron chi connectivity index (χ0n) is 16.7. The van der Waals surface area contributed by atoms with Gasteiger partial charge in [-0.05, 0) is 13.8 Å². The van der Waals surface area contributed by atoms with Gasteiger partial charge in [-0.15, -0.1) is 5.92 Å². The minimum atomic E-state index is -5.77. The van der Waals surface area contributed by atoms with Gasteiger partial charge in [-0.2, -0.15) is 13.6 Å². The Balaban J connectivity index is 2.31. The number of nitrogens with zero attached hydrogens (tertiary/aromatic N) is 3. The Labute approximate surface area is 184 Å². The van der Waals surface area contributed by atoms with Crippen molar-refractivity contribution in [1.29, 1.82) is 0 Å². The first-order valence-corrected chi connectivity index (χ1v) is 13.0. The topological polar surface area (TPSA) is 289 Å². The molecule has 1 aliphatic rings. The number of ether oxygens (including phenoxy) is 1. The second kappa shape index (κ2) is 9.61. The molecule has 186 valence electrons. The molecule has 18 nitrogen and oxygen atoms in total. The zero-order chi connectivity index (χ0) is 25.4. The van der Waals surface area contributed by atoms with Crippen LogP contribution in [0.2, 0.25) is 0 Å². The Morgan fingerprint density at radius 2 is 1.85 bits per heavy atom. The summed E-state index contributed by atoms with van der Waals surface area (Å²) in [7, 11) is -16.9. The van der Waals surface area contributed by atoms with E-state index in [1.165, 1.54) is 6.92 Å². The highest BCUT2D eigenvalue weighted by molar-refractivity contribution is 7.66. The summed E-state index contributed by atoms with van der Waals surface area (Å²) in [6, 6.07) is 0. The third-order valence-corrected chi connectivity index (χ3v) is 7.94. The van der Waals surface area contributed by atoms with Gasteiger partial charge in [-0.25, -0.2) is 23.5 Å². The lowest BCUT2D eigenvalue weighted by Gasteiger charge is -2.28. The molecule has 3 unspecified atom stereocenters. The number of rotatable bonds is 8. The first-order valence-electron chi connectivity index (χ1n) is 8.50. The molecule has 0 spiro atoms. The van der Waals surface area contributed by atoms with E-state index in [0.717, 1.165) is 17.8 Å². The largest absolute Gasteiger partial charge is 0.490 e. The van der Waals surface area contributed by atoms with Crippen LogP contribution < -0.4 is 17.2 Å². The predicted octanol–water partition coefficient (Wildman–Crippen LogP) is -2.07. The van der Waals surface area contributed by atoms with Gasteiger partial charge in [0.25, 0.3) is 0 Å². The molecule has 2 rings (SSSR count). The molecule has 33 heavy (non-hydrogen) atoms. The van der Waals surface area contributed by atoms with E-state index in [2.05, 4.69) is 35.0 Å². The van der Waals surface area contributed by atoms with Crippen LogP contribution in [0.1, 0.15) is 20.1 Å².